The van der Waals surface area contributed by atoms with E-state index in [2.05, 4.69) is 67.5 Å². The van der Waals surface area contributed by atoms with Crippen LogP contribution in [0.2, 0.25) is 0 Å². The first-order chi connectivity index (χ1) is 9.74. The molecule has 3 heteroatoms. The topological polar surface area (TPSA) is 24.9 Å². The molecular formula is C17H22N2S. The SMILES string of the molecule is CCNC(CC)c1ccc(Sc2ccccc2C)cn1. The monoisotopic (exact) mass is 286 g/mol. The zero-order valence-corrected chi connectivity index (χ0v) is 13.2. The molecule has 1 aromatic heterocycles. The van der Waals surface area contributed by atoms with Gasteiger partial charge in [0.15, 0.2) is 0 Å². The summed E-state index contributed by atoms with van der Waals surface area (Å²) in [5.74, 6) is 0. The number of pyridine rings is 1. The van der Waals surface area contributed by atoms with Crippen LogP contribution in [0.3, 0.4) is 0 Å². The number of hydrogen-bond acceptors (Lipinski definition) is 3. The standard InChI is InChI=1S/C17H22N2S/c1-4-15(18-5-2)16-11-10-14(12-19-16)20-17-9-7-6-8-13(17)3/h6-12,15,18H,4-5H2,1-3H3. The van der Waals surface area contributed by atoms with Crippen molar-refractivity contribution in [3.8, 4) is 0 Å². The van der Waals surface area contributed by atoms with Crippen LogP contribution in [0.25, 0.3) is 0 Å². The lowest BCUT2D eigenvalue weighted by Gasteiger charge is -2.15. The molecule has 0 radical (unpaired) electrons. The van der Waals surface area contributed by atoms with Crippen molar-refractivity contribution in [3.63, 3.8) is 0 Å². The predicted octanol–water partition coefficient (Wildman–Crippen LogP) is 4.60. The Morgan fingerprint density at radius 1 is 1.15 bits per heavy atom. The molecular weight excluding hydrogens is 264 g/mol. The third-order valence-electron chi connectivity index (χ3n) is 3.30. The van der Waals surface area contributed by atoms with Gasteiger partial charge in [-0.1, -0.05) is 43.8 Å². The van der Waals surface area contributed by atoms with Crippen molar-refractivity contribution in [2.75, 3.05) is 6.54 Å². The van der Waals surface area contributed by atoms with Gasteiger partial charge in [0.05, 0.1) is 5.69 Å². The van der Waals surface area contributed by atoms with E-state index in [1.807, 2.05) is 6.20 Å². The van der Waals surface area contributed by atoms with E-state index >= 15 is 0 Å². The van der Waals surface area contributed by atoms with Gasteiger partial charge in [-0.3, -0.25) is 4.98 Å². The summed E-state index contributed by atoms with van der Waals surface area (Å²) in [7, 11) is 0. The Bertz CT molecular complexity index is 537. The van der Waals surface area contributed by atoms with Crippen molar-refractivity contribution >= 4 is 11.8 Å². The summed E-state index contributed by atoms with van der Waals surface area (Å²) in [6.45, 7) is 7.43. The molecule has 0 aliphatic carbocycles. The highest BCUT2D eigenvalue weighted by Crippen LogP contribution is 2.30. The number of benzene rings is 1. The van der Waals surface area contributed by atoms with Gasteiger partial charge in [-0.2, -0.15) is 0 Å². The lowest BCUT2D eigenvalue weighted by molar-refractivity contribution is 0.524. The molecule has 0 fully saturated rings. The number of nitrogens with one attached hydrogen (secondary N) is 1. The molecule has 20 heavy (non-hydrogen) atoms. The van der Waals surface area contributed by atoms with Crippen LogP contribution in [0.4, 0.5) is 0 Å². The Hall–Kier alpha value is -1.32. The average Bonchev–Trinajstić information content (AvgIpc) is 2.48. The second-order valence-electron chi connectivity index (χ2n) is 4.80. The summed E-state index contributed by atoms with van der Waals surface area (Å²) in [5, 5.41) is 3.46. The molecule has 1 heterocycles. The Labute approximate surface area is 126 Å². The average molecular weight is 286 g/mol. The molecule has 0 aliphatic heterocycles. The van der Waals surface area contributed by atoms with Crippen molar-refractivity contribution in [2.24, 2.45) is 0 Å². The van der Waals surface area contributed by atoms with E-state index in [4.69, 9.17) is 0 Å². The van der Waals surface area contributed by atoms with Crippen molar-refractivity contribution in [1.82, 2.24) is 10.3 Å². The molecule has 0 spiro atoms. The molecule has 0 amide bonds. The molecule has 2 rings (SSSR count). The minimum absolute atomic E-state index is 0.359. The molecule has 2 aromatic rings. The molecule has 106 valence electrons. The van der Waals surface area contributed by atoms with E-state index in [0.717, 1.165) is 18.7 Å². The van der Waals surface area contributed by atoms with Crippen molar-refractivity contribution < 1.29 is 0 Å². The quantitative estimate of drug-likeness (QED) is 0.840. The number of aromatic nitrogens is 1. The van der Waals surface area contributed by atoms with E-state index in [1.165, 1.54) is 15.4 Å². The highest BCUT2D eigenvalue weighted by molar-refractivity contribution is 7.99. The maximum absolute atomic E-state index is 4.61. The first kappa shape index (κ1) is 15.1. The third-order valence-corrected chi connectivity index (χ3v) is 4.45. The zero-order chi connectivity index (χ0) is 14.4. The number of rotatable bonds is 6. The predicted molar refractivity (Wildman–Crippen MR) is 86.2 cm³/mol. The first-order valence-corrected chi connectivity index (χ1v) is 7.99. The molecule has 0 bridgehead atoms. The van der Waals surface area contributed by atoms with Crippen LogP contribution < -0.4 is 5.32 Å². The molecule has 0 saturated heterocycles. The smallest absolute Gasteiger partial charge is 0.0573 e. The zero-order valence-electron chi connectivity index (χ0n) is 12.4. The Morgan fingerprint density at radius 2 is 1.95 bits per heavy atom. The van der Waals surface area contributed by atoms with Crippen molar-refractivity contribution in [3.05, 3.63) is 53.9 Å². The molecule has 1 aromatic carbocycles. The molecule has 2 nitrogen and oxygen atoms in total. The molecule has 1 atom stereocenters. The van der Waals surface area contributed by atoms with E-state index in [9.17, 15) is 0 Å². The van der Waals surface area contributed by atoms with Gasteiger partial charge in [0.2, 0.25) is 0 Å². The summed E-state index contributed by atoms with van der Waals surface area (Å²) in [6.07, 6.45) is 3.04. The summed E-state index contributed by atoms with van der Waals surface area (Å²) in [6, 6.07) is 13.1. The van der Waals surface area contributed by atoms with Crippen LogP contribution in [0, 0.1) is 6.92 Å². The highest BCUT2D eigenvalue weighted by atomic mass is 32.2. The molecule has 0 aliphatic rings. The third kappa shape index (κ3) is 3.84. The van der Waals surface area contributed by atoms with Crippen LogP contribution in [0.15, 0.2) is 52.4 Å². The van der Waals surface area contributed by atoms with E-state index in [-0.39, 0.29) is 0 Å². The van der Waals surface area contributed by atoms with Crippen LogP contribution in [0.5, 0.6) is 0 Å². The maximum atomic E-state index is 4.61. The normalized spacial score (nSPS) is 12.3. The minimum Gasteiger partial charge on any atom is -0.309 e. The highest BCUT2D eigenvalue weighted by Gasteiger charge is 2.09. The van der Waals surface area contributed by atoms with E-state index < -0.39 is 0 Å². The Balaban J connectivity index is 2.10. The van der Waals surface area contributed by atoms with E-state index in [1.54, 1.807) is 11.8 Å². The Kier molecular flexibility index (Phi) is 5.62. The van der Waals surface area contributed by atoms with Gasteiger partial charge in [-0.05, 0) is 43.7 Å². The van der Waals surface area contributed by atoms with Crippen molar-refractivity contribution in [1.29, 1.82) is 0 Å². The van der Waals surface area contributed by atoms with Crippen LogP contribution in [0.1, 0.15) is 37.6 Å². The molecule has 1 N–H and O–H groups in total. The van der Waals surface area contributed by atoms with Gasteiger partial charge in [-0.25, -0.2) is 0 Å². The lowest BCUT2D eigenvalue weighted by Crippen LogP contribution is -2.20. The van der Waals surface area contributed by atoms with Crippen LogP contribution in [-0.2, 0) is 0 Å². The minimum atomic E-state index is 0.359. The first-order valence-electron chi connectivity index (χ1n) is 7.17. The molecule has 0 saturated carbocycles. The van der Waals surface area contributed by atoms with Gasteiger partial charge in [0, 0.05) is 22.0 Å². The van der Waals surface area contributed by atoms with E-state index in [0.29, 0.717) is 6.04 Å². The van der Waals surface area contributed by atoms with Gasteiger partial charge in [-0.15, -0.1) is 0 Å². The summed E-state index contributed by atoms with van der Waals surface area (Å²) >= 11 is 1.77. The number of hydrogen-bond donors (Lipinski definition) is 1. The summed E-state index contributed by atoms with van der Waals surface area (Å²) < 4.78 is 0. The fourth-order valence-electron chi connectivity index (χ4n) is 2.16. The summed E-state index contributed by atoms with van der Waals surface area (Å²) in [5.41, 5.74) is 2.43. The largest absolute Gasteiger partial charge is 0.309 e. The fraction of sp³-hybridized carbons (Fsp3) is 0.353. The van der Waals surface area contributed by atoms with Gasteiger partial charge >= 0.3 is 0 Å². The van der Waals surface area contributed by atoms with Gasteiger partial charge in [0.25, 0.3) is 0 Å². The van der Waals surface area contributed by atoms with Gasteiger partial charge < -0.3 is 5.32 Å². The maximum Gasteiger partial charge on any atom is 0.0573 e. The van der Waals surface area contributed by atoms with Crippen LogP contribution in [-0.4, -0.2) is 11.5 Å². The second-order valence-corrected chi connectivity index (χ2v) is 5.92. The fourth-order valence-corrected chi connectivity index (χ4v) is 3.03. The van der Waals surface area contributed by atoms with Crippen molar-refractivity contribution in [2.45, 2.75) is 43.0 Å². The van der Waals surface area contributed by atoms with Crippen LogP contribution >= 0.6 is 11.8 Å². The number of nitrogens with zero attached hydrogens (tertiary/aromatic N) is 1. The Morgan fingerprint density at radius 3 is 2.55 bits per heavy atom. The lowest BCUT2D eigenvalue weighted by atomic mass is 10.1. The molecule has 1 unspecified atom stereocenters. The second kappa shape index (κ2) is 7.46. The number of aryl methyl sites for hydroxylation is 1. The van der Waals surface area contributed by atoms with Gasteiger partial charge in [0.1, 0.15) is 0 Å². The summed E-state index contributed by atoms with van der Waals surface area (Å²) in [4.78, 5) is 7.09.